The quantitative estimate of drug-likeness (QED) is 0.695. The molecule has 17 heavy (non-hydrogen) atoms. The first-order chi connectivity index (χ1) is 7.78. The van der Waals surface area contributed by atoms with Crippen molar-refractivity contribution >= 4 is 9.84 Å². The Hall–Kier alpha value is -0.0900. The average Bonchev–Trinajstić information content (AvgIpc) is 2.22. The van der Waals surface area contributed by atoms with Gasteiger partial charge >= 0.3 is 0 Å². The third-order valence-corrected chi connectivity index (χ3v) is 4.99. The van der Waals surface area contributed by atoms with Gasteiger partial charge in [0.2, 0.25) is 0 Å². The lowest BCUT2D eigenvalue weighted by molar-refractivity contribution is 0.328. The summed E-state index contributed by atoms with van der Waals surface area (Å²) >= 11 is 0. The molecule has 0 aromatic rings. The number of sulfone groups is 1. The van der Waals surface area contributed by atoms with Crippen LogP contribution in [0.2, 0.25) is 0 Å². The summed E-state index contributed by atoms with van der Waals surface area (Å²) in [5.41, 5.74) is 0. The van der Waals surface area contributed by atoms with Gasteiger partial charge in [0.1, 0.15) is 9.84 Å². The van der Waals surface area contributed by atoms with Crippen LogP contribution in [0.15, 0.2) is 0 Å². The van der Waals surface area contributed by atoms with Crippen LogP contribution < -0.4 is 5.32 Å². The molecule has 1 N–H and O–H groups in total. The van der Waals surface area contributed by atoms with Gasteiger partial charge in [-0.25, -0.2) is 8.42 Å². The molecular weight excluding hydrogens is 234 g/mol. The predicted molar refractivity (Wildman–Crippen MR) is 75.0 cm³/mol. The standard InChI is InChI=1S/C13H29NO2S/c1-6-17(15,16)9-7-8-13(11(2)3)10-14-12(4)5/h11-14H,6-10H2,1-5H3. The Labute approximate surface area is 107 Å². The summed E-state index contributed by atoms with van der Waals surface area (Å²) in [7, 11) is -2.79. The van der Waals surface area contributed by atoms with Gasteiger partial charge in [0, 0.05) is 11.8 Å². The normalized spacial score (nSPS) is 14.5. The second kappa shape index (κ2) is 8.09. The van der Waals surface area contributed by atoms with Crippen molar-refractivity contribution < 1.29 is 8.42 Å². The van der Waals surface area contributed by atoms with E-state index in [1.54, 1.807) is 6.92 Å². The SMILES string of the molecule is CCS(=O)(=O)CCCC(CNC(C)C)C(C)C. The minimum absolute atomic E-state index is 0.267. The Kier molecular flexibility index (Phi) is 8.05. The molecule has 0 aliphatic carbocycles. The fourth-order valence-electron chi connectivity index (χ4n) is 1.77. The van der Waals surface area contributed by atoms with Gasteiger partial charge in [-0.15, -0.1) is 0 Å². The highest BCUT2D eigenvalue weighted by atomic mass is 32.2. The summed E-state index contributed by atoms with van der Waals surface area (Å²) in [6.07, 6.45) is 1.79. The van der Waals surface area contributed by atoms with Crippen LogP contribution in [-0.2, 0) is 9.84 Å². The van der Waals surface area contributed by atoms with Crippen LogP contribution >= 0.6 is 0 Å². The van der Waals surface area contributed by atoms with Crippen molar-refractivity contribution in [3.63, 3.8) is 0 Å². The van der Waals surface area contributed by atoms with Crippen LogP contribution in [0.1, 0.15) is 47.5 Å². The van der Waals surface area contributed by atoms with Gasteiger partial charge in [-0.2, -0.15) is 0 Å². The van der Waals surface area contributed by atoms with E-state index < -0.39 is 9.84 Å². The third-order valence-electron chi connectivity index (χ3n) is 3.20. The van der Waals surface area contributed by atoms with E-state index in [0.717, 1.165) is 19.4 Å². The van der Waals surface area contributed by atoms with Crippen LogP contribution in [0.25, 0.3) is 0 Å². The molecule has 0 rings (SSSR count). The van der Waals surface area contributed by atoms with Crippen molar-refractivity contribution in [1.82, 2.24) is 5.32 Å². The molecule has 0 aromatic heterocycles. The van der Waals surface area contributed by atoms with Gasteiger partial charge < -0.3 is 5.32 Å². The van der Waals surface area contributed by atoms with Crippen LogP contribution in [0.5, 0.6) is 0 Å². The molecule has 0 saturated heterocycles. The second-order valence-corrected chi connectivity index (χ2v) is 7.92. The maximum absolute atomic E-state index is 11.4. The fraction of sp³-hybridized carbons (Fsp3) is 1.00. The van der Waals surface area contributed by atoms with Crippen molar-refractivity contribution in [2.24, 2.45) is 11.8 Å². The number of hydrogen-bond donors (Lipinski definition) is 1. The molecular formula is C13H29NO2S. The molecule has 0 aliphatic heterocycles. The van der Waals surface area contributed by atoms with Gasteiger partial charge in [-0.3, -0.25) is 0 Å². The van der Waals surface area contributed by atoms with Gasteiger partial charge in [-0.1, -0.05) is 34.6 Å². The maximum atomic E-state index is 11.4. The topological polar surface area (TPSA) is 46.2 Å². The first-order valence-electron chi connectivity index (χ1n) is 6.72. The molecule has 3 nitrogen and oxygen atoms in total. The Morgan fingerprint density at radius 2 is 1.71 bits per heavy atom. The summed E-state index contributed by atoms with van der Waals surface area (Å²) in [6.45, 7) is 11.4. The Bertz CT molecular complexity index is 284. The highest BCUT2D eigenvalue weighted by Crippen LogP contribution is 2.17. The molecule has 0 saturated carbocycles. The zero-order valence-electron chi connectivity index (χ0n) is 12.0. The van der Waals surface area contributed by atoms with E-state index in [0.29, 0.717) is 23.6 Å². The summed E-state index contributed by atoms with van der Waals surface area (Å²) in [5, 5.41) is 3.44. The van der Waals surface area contributed by atoms with Crippen molar-refractivity contribution in [2.75, 3.05) is 18.1 Å². The van der Waals surface area contributed by atoms with E-state index in [4.69, 9.17) is 0 Å². The fourth-order valence-corrected chi connectivity index (χ4v) is 2.66. The lowest BCUT2D eigenvalue weighted by atomic mass is 9.91. The monoisotopic (exact) mass is 263 g/mol. The summed E-state index contributed by atoms with van der Waals surface area (Å²) in [4.78, 5) is 0. The molecule has 4 heteroatoms. The molecule has 0 spiro atoms. The third kappa shape index (κ3) is 8.61. The molecule has 0 heterocycles. The van der Waals surface area contributed by atoms with Gasteiger partial charge in [-0.05, 0) is 31.2 Å². The van der Waals surface area contributed by atoms with Gasteiger partial charge in [0.25, 0.3) is 0 Å². The Morgan fingerprint density at radius 3 is 2.12 bits per heavy atom. The second-order valence-electron chi connectivity index (χ2n) is 5.45. The lowest BCUT2D eigenvalue weighted by Gasteiger charge is -2.22. The molecule has 0 aromatic carbocycles. The lowest BCUT2D eigenvalue weighted by Crippen LogP contribution is -2.31. The molecule has 0 fully saturated rings. The van der Waals surface area contributed by atoms with Gasteiger partial charge in [0.05, 0.1) is 5.75 Å². The Morgan fingerprint density at radius 1 is 1.12 bits per heavy atom. The van der Waals surface area contributed by atoms with E-state index in [1.165, 1.54) is 0 Å². The van der Waals surface area contributed by atoms with E-state index >= 15 is 0 Å². The molecule has 0 amide bonds. The van der Waals surface area contributed by atoms with Crippen LogP contribution in [0.3, 0.4) is 0 Å². The molecule has 0 bridgehead atoms. The summed E-state index contributed by atoms with van der Waals surface area (Å²) < 4.78 is 22.8. The van der Waals surface area contributed by atoms with Crippen molar-refractivity contribution in [1.29, 1.82) is 0 Å². The number of hydrogen-bond acceptors (Lipinski definition) is 3. The van der Waals surface area contributed by atoms with Gasteiger partial charge in [0.15, 0.2) is 0 Å². The smallest absolute Gasteiger partial charge is 0.150 e. The largest absolute Gasteiger partial charge is 0.314 e. The van der Waals surface area contributed by atoms with Crippen molar-refractivity contribution in [3.8, 4) is 0 Å². The summed E-state index contributed by atoms with van der Waals surface area (Å²) in [6, 6.07) is 0.496. The molecule has 1 unspecified atom stereocenters. The average molecular weight is 263 g/mol. The molecule has 104 valence electrons. The molecule has 0 radical (unpaired) electrons. The highest BCUT2D eigenvalue weighted by Gasteiger charge is 2.15. The maximum Gasteiger partial charge on any atom is 0.150 e. The first-order valence-corrected chi connectivity index (χ1v) is 8.54. The zero-order chi connectivity index (χ0) is 13.5. The highest BCUT2D eigenvalue weighted by molar-refractivity contribution is 7.91. The Balaban J connectivity index is 4.02. The molecule has 1 atom stereocenters. The van der Waals surface area contributed by atoms with E-state index in [9.17, 15) is 8.42 Å². The van der Waals surface area contributed by atoms with Crippen LogP contribution in [0, 0.1) is 11.8 Å². The summed E-state index contributed by atoms with van der Waals surface area (Å²) in [5.74, 6) is 1.79. The minimum atomic E-state index is -2.79. The zero-order valence-corrected chi connectivity index (χ0v) is 12.8. The molecule has 0 aliphatic rings. The minimum Gasteiger partial charge on any atom is -0.314 e. The van der Waals surface area contributed by atoms with E-state index in [2.05, 4.69) is 33.0 Å². The predicted octanol–water partition coefficient (Wildman–Crippen LogP) is 2.47. The van der Waals surface area contributed by atoms with Crippen molar-refractivity contribution in [2.45, 2.75) is 53.5 Å². The first kappa shape index (κ1) is 16.9. The van der Waals surface area contributed by atoms with Crippen LogP contribution in [0.4, 0.5) is 0 Å². The van der Waals surface area contributed by atoms with E-state index in [-0.39, 0.29) is 5.75 Å². The number of rotatable bonds is 9. The van der Waals surface area contributed by atoms with E-state index in [1.807, 2.05) is 0 Å². The van der Waals surface area contributed by atoms with Crippen molar-refractivity contribution in [3.05, 3.63) is 0 Å². The van der Waals surface area contributed by atoms with Crippen LogP contribution in [-0.4, -0.2) is 32.5 Å². The number of nitrogens with one attached hydrogen (secondary N) is 1.